The molecule has 3 aliphatic rings. The summed E-state index contributed by atoms with van der Waals surface area (Å²) in [6.07, 6.45) is 9.97. The average Bonchev–Trinajstić information content (AvgIpc) is 2.96. The molecule has 0 aromatic carbocycles. The van der Waals surface area contributed by atoms with Crippen molar-refractivity contribution in [2.45, 2.75) is 75.5 Å². The Bertz CT molecular complexity index is 343. The normalized spacial score (nSPS) is 33.0. The number of hydrogen-bond donors (Lipinski definition) is 1. The van der Waals surface area contributed by atoms with Gasteiger partial charge >= 0.3 is 0 Å². The lowest BCUT2D eigenvalue weighted by atomic mass is 9.77. The molecular weight excluding hydrogens is 252 g/mol. The highest BCUT2D eigenvalue weighted by molar-refractivity contribution is 5.78. The zero-order chi connectivity index (χ0) is 14.0. The Morgan fingerprint density at radius 3 is 2.70 bits per heavy atom. The van der Waals surface area contributed by atoms with E-state index in [2.05, 4.69) is 10.2 Å². The third-order valence-electron chi connectivity index (χ3n) is 5.60. The summed E-state index contributed by atoms with van der Waals surface area (Å²) in [4.78, 5) is 14.9. The molecule has 4 nitrogen and oxygen atoms in total. The fraction of sp³-hybridized carbons (Fsp3) is 0.938. The first-order valence-electron chi connectivity index (χ1n) is 8.32. The quantitative estimate of drug-likeness (QED) is 0.857. The van der Waals surface area contributed by atoms with Gasteiger partial charge in [-0.3, -0.25) is 4.79 Å². The number of likely N-dealkylation sites (tertiary alicyclic amines) is 1. The van der Waals surface area contributed by atoms with Crippen LogP contribution < -0.4 is 5.32 Å². The highest BCUT2D eigenvalue weighted by Gasteiger charge is 2.42. The Morgan fingerprint density at radius 1 is 1.25 bits per heavy atom. The third-order valence-corrected chi connectivity index (χ3v) is 5.60. The monoisotopic (exact) mass is 280 g/mol. The van der Waals surface area contributed by atoms with Crippen LogP contribution in [0.3, 0.4) is 0 Å². The first kappa shape index (κ1) is 14.3. The Balaban J connectivity index is 1.64. The van der Waals surface area contributed by atoms with Crippen molar-refractivity contribution in [1.82, 2.24) is 10.2 Å². The summed E-state index contributed by atoms with van der Waals surface area (Å²) < 4.78 is 5.63. The van der Waals surface area contributed by atoms with E-state index in [1.54, 1.807) is 7.11 Å². The lowest BCUT2D eigenvalue weighted by Gasteiger charge is -2.44. The molecule has 0 bridgehead atoms. The van der Waals surface area contributed by atoms with Crippen LogP contribution in [-0.2, 0) is 9.53 Å². The number of rotatable bonds is 4. The van der Waals surface area contributed by atoms with Crippen LogP contribution >= 0.6 is 0 Å². The molecule has 3 rings (SSSR count). The Kier molecular flexibility index (Phi) is 4.32. The molecule has 3 fully saturated rings. The van der Waals surface area contributed by atoms with E-state index in [1.807, 2.05) is 0 Å². The number of methoxy groups -OCH3 is 1. The predicted molar refractivity (Wildman–Crippen MR) is 78.6 cm³/mol. The molecule has 1 amide bonds. The van der Waals surface area contributed by atoms with Crippen molar-refractivity contribution in [2.24, 2.45) is 0 Å². The molecule has 2 heterocycles. The average molecular weight is 280 g/mol. The molecule has 1 N–H and O–H groups in total. The van der Waals surface area contributed by atoms with Crippen molar-refractivity contribution in [3.05, 3.63) is 0 Å². The van der Waals surface area contributed by atoms with Gasteiger partial charge in [-0.1, -0.05) is 0 Å². The van der Waals surface area contributed by atoms with Crippen molar-refractivity contribution in [3.8, 4) is 0 Å². The smallest absolute Gasteiger partial charge is 0.225 e. The summed E-state index contributed by atoms with van der Waals surface area (Å²) in [5, 5.41) is 3.59. The highest BCUT2D eigenvalue weighted by atomic mass is 16.5. The van der Waals surface area contributed by atoms with E-state index < -0.39 is 0 Å². The molecule has 114 valence electrons. The number of hydrogen-bond acceptors (Lipinski definition) is 3. The molecule has 20 heavy (non-hydrogen) atoms. The topological polar surface area (TPSA) is 41.6 Å². The van der Waals surface area contributed by atoms with Crippen LogP contribution in [0, 0.1) is 0 Å². The molecule has 4 heteroatoms. The van der Waals surface area contributed by atoms with Gasteiger partial charge in [-0.05, 0) is 57.9 Å². The van der Waals surface area contributed by atoms with Gasteiger partial charge in [-0.15, -0.1) is 0 Å². The summed E-state index contributed by atoms with van der Waals surface area (Å²) in [5.74, 6) is 0.324. The Labute approximate surface area is 122 Å². The maximum Gasteiger partial charge on any atom is 0.225 e. The molecule has 0 aromatic rings. The second-order valence-corrected chi connectivity index (χ2v) is 6.77. The zero-order valence-corrected chi connectivity index (χ0v) is 12.7. The van der Waals surface area contributed by atoms with E-state index in [1.165, 1.54) is 32.1 Å². The number of carbonyl (C=O) groups excluding carboxylic acids is 1. The van der Waals surface area contributed by atoms with Gasteiger partial charge in [0.25, 0.3) is 0 Å². The molecule has 1 aliphatic carbocycles. The predicted octanol–water partition coefficient (Wildman–Crippen LogP) is 2.08. The van der Waals surface area contributed by atoms with Crippen LogP contribution in [0.4, 0.5) is 0 Å². The number of nitrogens with zero attached hydrogens (tertiary/aromatic N) is 1. The molecule has 2 aliphatic heterocycles. The van der Waals surface area contributed by atoms with Crippen molar-refractivity contribution < 1.29 is 9.53 Å². The fourth-order valence-electron chi connectivity index (χ4n) is 4.13. The van der Waals surface area contributed by atoms with Gasteiger partial charge < -0.3 is 15.0 Å². The zero-order valence-electron chi connectivity index (χ0n) is 12.7. The Hall–Kier alpha value is -0.610. The molecule has 2 atom stereocenters. The van der Waals surface area contributed by atoms with E-state index in [4.69, 9.17) is 4.74 Å². The number of nitrogens with one attached hydrogen (secondary N) is 1. The minimum atomic E-state index is -0.137. The molecule has 1 saturated carbocycles. The molecule has 0 radical (unpaired) electrons. The van der Waals surface area contributed by atoms with Crippen molar-refractivity contribution in [1.29, 1.82) is 0 Å². The van der Waals surface area contributed by atoms with Crippen LogP contribution in [0.15, 0.2) is 0 Å². The highest BCUT2D eigenvalue weighted by Crippen LogP contribution is 2.39. The van der Waals surface area contributed by atoms with E-state index in [9.17, 15) is 4.79 Å². The van der Waals surface area contributed by atoms with E-state index >= 15 is 0 Å². The third kappa shape index (κ3) is 2.73. The minimum absolute atomic E-state index is 0.137. The van der Waals surface area contributed by atoms with Crippen LogP contribution in [0.1, 0.15) is 57.8 Å². The van der Waals surface area contributed by atoms with Gasteiger partial charge in [0.2, 0.25) is 5.91 Å². The lowest BCUT2D eigenvalue weighted by molar-refractivity contribution is -0.148. The summed E-state index contributed by atoms with van der Waals surface area (Å²) in [5.41, 5.74) is -0.137. The maximum absolute atomic E-state index is 12.8. The summed E-state index contributed by atoms with van der Waals surface area (Å²) in [6.45, 7) is 2.06. The minimum Gasteiger partial charge on any atom is -0.378 e. The van der Waals surface area contributed by atoms with Crippen LogP contribution in [0.25, 0.3) is 0 Å². The molecule has 2 saturated heterocycles. The van der Waals surface area contributed by atoms with E-state index in [0.29, 0.717) is 24.4 Å². The van der Waals surface area contributed by atoms with Crippen LogP contribution in [-0.4, -0.2) is 48.7 Å². The van der Waals surface area contributed by atoms with E-state index in [0.717, 1.165) is 32.4 Å². The van der Waals surface area contributed by atoms with E-state index in [-0.39, 0.29) is 5.60 Å². The number of carbonyl (C=O) groups is 1. The molecule has 2 unspecified atom stereocenters. The SMILES string of the molecule is COC1(CC(=O)N2CCCCC2C2CCCN2)CCC1. The Morgan fingerprint density at radius 2 is 2.10 bits per heavy atom. The molecule has 0 aromatic heterocycles. The van der Waals surface area contributed by atoms with Gasteiger partial charge in [0, 0.05) is 25.7 Å². The van der Waals surface area contributed by atoms with Gasteiger partial charge in [0.1, 0.15) is 0 Å². The first-order valence-corrected chi connectivity index (χ1v) is 8.32. The number of ether oxygens (including phenoxy) is 1. The largest absolute Gasteiger partial charge is 0.378 e. The van der Waals surface area contributed by atoms with Gasteiger partial charge in [0.15, 0.2) is 0 Å². The maximum atomic E-state index is 12.8. The summed E-state index contributed by atoms with van der Waals surface area (Å²) in [6, 6.07) is 0.951. The number of amides is 1. The van der Waals surface area contributed by atoms with Crippen LogP contribution in [0.5, 0.6) is 0 Å². The molecule has 0 spiro atoms. The van der Waals surface area contributed by atoms with Crippen molar-refractivity contribution in [3.63, 3.8) is 0 Å². The van der Waals surface area contributed by atoms with Gasteiger partial charge in [-0.2, -0.15) is 0 Å². The molecular formula is C16H28N2O2. The summed E-state index contributed by atoms with van der Waals surface area (Å²) >= 11 is 0. The number of piperidine rings is 1. The fourth-order valence-corrected chi connectivity index (χ4v) is 4.13. The van der Waals surface area contributed by atoms with Crippen LogP contribution in [0.2, 0.25) is 0 Å². The lowest BCUT2D eigenvalue weighted by Crippen LogP contribution is -2.54. The second-order valence-electron chi connectivity index (χ2n) is 6.77. The van der Waals surface area contributed by atoms with Gasteiger partial charge in [-0.25, -0.2) is 0 Å². The van der Waals surface area contributed by atoms with Gasteiger partial charge in [0.05, 0.1) is 12.0 Å². The summed E-state index contributed by atoms with van der Waals surface area (Å²) in [7, 11) is 1.76. The first-order chi connectivity index (χ1) is 9.74. The second kappa shape index (κ2) is 6.02. The standard InChI is InChI=1S/C16H28N2O2/c1-20-16(8-5-9-16)12-15(19)18-11-3-2-7-14(18)13-6-4-10-17-13/h13-14,17H,2-12H2,1H3. The van der Waals surface area contributed by atoms with Crippen molar-refractivity contribution >= 4 is 5.91 Å². The van der Waals surface area contributed by atoms with Crippen molar-refractivity contribution in [2.75, 3.05) is 20.2 Å².